The van der Waals surface area contributed by atoms with Crippen molar-refractivity contribution >= 4 is 12.3 Å². The molecule has 1 aromatic heterocycles. The molecule has 2 aliphatic heterocycles. The number of rotatable bonds is 0. The summed E-state index contributed by atoms with van der Waals surface area (Å²) in [6, 6.07) is 0. The normalized spacial score (nSPS) is 20.5. The zero-order valence-corrected chi connectivity index (χ0v) is 10.1. The van der Waals surface area contributed by atoms with Gasteiger partial charge >= 0.3 is 0 Å². The number of hydrogen-bond acceptors (Lipinski definition) is 5. The van der Waals surface area contributed by atoms with E-state index >= 15 is 0 Å². The van der Waals surface area contributed by atoms with Gasteiger partial charge in [-0.25, -0.2) is 9.97 Å². The van der Waals surface area contributed by atoms with Crippen LogP contribution in [0.3, 0.4) is 0 Å². The highest BCUT2D eigenvalue weighted by atomic mass is 16.5. The standard InChI is InChI=1S/C14H10N4O/c1-10-5-12-13(8-16-9-18-12)17-7-11-6-15-4-2-3-14(11)19-10/h3-6,8-9H,1,7H2/b12-5+,17-13-. The maximum absolute atomic E-state index is 5.69. The Morgan fingerprint density at radius 3 is 3.26 bits per heavy atom. The van der Waals surface area contributed by atoms with Gasteiger partial charge in [0, 0.05) is 23.9 Å². The van der Waals surface area contributed by atoms with E-state index in [1.54, 1.807) is 30.8 Å². The minimum atomic E-state index is 0.437. The van der Waals surface area contributed by atoms with Crippen molar-refractivity contribution in [2.45, 2.75) is 0 Å². The number of hydrogen-bond donors (Lipinski definition) is 0. The smallest absolute Gasteiger partial charge is 0.141 e. The van der Waals surface area contributed by atoms with E-state index in [9.17, 15) is 0 Å². The van der Waals surface area contributed by atoms with Gasteiger partial charge in [0.05, 0.1) is 24.3 Å². The van der Waals surface area contributed by atoms with Crippen molar-refractivity contribution < 1.29 is 4.74 Å². The minimum Gasteiger partial charge on any atom is -0.457 e. The largest absolute Gasteiger partial charge is 0.457 e. The second kappa shape index (κ2) is 4.84. The fourth-order valence-electron chi connectivity index (χ4n) is 1.71. The number of fused-ring (bicyclic) bond motifs is 1. The fraction of sp³-hybridized carbons (Fsp3) is 0.0714. The van der Waals surface area contributed by atoms with E-state index in [0.717, 1.165) is 5.57 Å². The van der Waals surface area contributed by atoms with Crippen molar-refractivity contribution in [1.82, 2.24) is 9.97 Å². The van der Waals surface area contributed by atoms with Crippen molar-refractivity contribution in [2.24, 2.45) is 9.98 Å². The number of ether oxygens (including phenoxy) is 1. The highest BCUT2D eigenvalue weighted by Crippen LogP contribution is 2.14. The van der Waals surface area contributed by atoms with Crippen LogP contribution in [0.1, 0.15) is 0 Å². The van der Waals surface area contributed by atoms with Gasteiger partial charge in [-0.3, -0.25) is 9.98 Å². The third-order valence-corrected chi connectivity index (χ3v) is 2.59. The molecule has 0 radical (unpaired) electrons. The second-order valence-corrected chi connectivity index (χ2v) is 3.93. The van der Waals surface area contributed by atoms with E-state index in [0.29, 0.717) is 28.8 Å². The van der Waals surface area contributed by atoms with Crippen LogP contribution in [0.4, 0.5) is 0 Å². The van der Waals surface area contributed by atoms with Gasteiger partial charge in [-0.1, -0.05) is 12.3 Å². The first-order valence-corrected chi connectivity index (χ1v) is 5.69. The number of allylic oxidation sites excluding steroid dienone is 2. The van der Waals surface area contributed by atoms with Crippen molar-refractivity contribution in [3.63, 3.8) is 0 Å². The monoisotopic (exact) mass is 250 g/mol. The van der Waals surface area contributed by atoms with Crippen molar-refractivity contribution in [2.75, 3.05) is 6.54 Å². The summed E-state index contributed by atoms with van der Waals surface area (Å²) in [5.74, 6) is 1.13. The molecule has 0 spiro atoms. The SMILES string of the molecule is C=C1/C=c2/ncnc/c2=N/CC2=C(C=C=CN=C2)O1. The van der Waals surface area contributed by atoms with Gasteiger partial charge in [0.2, 0.25) is 0 Å². The van der Waals surface area contributed by atoms with Crippen LogP contribution in [0.5, 0.6) is 0 Å². The molecular weight excluding hydrogens is 240 g/mol. The number of aliphatic imine (C=N–C) groups is 1. The molecule has 19 heavy (non-hydrogen) atoms. The van der Waals surface area contributed by atoms with Crippen molar-refractivity contribution in [3.8, 4) is 0 Å². The van der Waals surface area contributed by atoms with E-state index in [4.69, 9.17) is 4.74 Å². The number of aromatic nitrogens is 2. The molecule has 1 aromatic rings. The Morgan fingerprint density at radius 1 is 1.37 bits per heavy atom. The average molecular weight is 250 g/mol. The van der Waals surface area contributed by atoms with Crippen LogP contribution in [-0.4, -0.2) is 22.7 Å². The van der Waals surface area contributed by atoms with E-state index < -0.39 is 0 Å². The first kappa shape index (κ1) is 11.3. The molecule has 0 amide bonds. The van der Waals surface area contributed by atoms with Crippen LogP contribution in [0.15, 0.2) is 64.2 Å². The van der Waals surface area contributed by atoms with Gasteiger partial charge in [-0.05, 0) is 0 Å². The summed E-state index contributed by atoms with van der Waals surface area (Å²) in [5.41, 5.74) is 3.76. The van der Waals surface area contributed by atoms with Crippen molar-refractivity contribution in [1.29, 1.82) is 0 Å². The lowest BCUT2D eigenvalue weighted by Gasteiger charge is -2.07. The molecule has 0 N–H and O–H groups in total. The molecule has 5 nitrogen and oxygen atoms in total. The maximum Gasteiger partial charge on any atom is 0.141 e. The zero-order chi connectivity index (χ0) is 13.1. The lowest BCUT2D eigenvalue weighted by molar-refractivity contribution is 0.342. The topological polar surface area (TPSA) is 59.7 Å². The Hall–Kier alpha value is -2.78. The Labute approximate surface area is 109 Å². The summed E-state index contributed by atoms with van der Waals surface area (Å²) in [4.78, 5) is 16.7. The molecule has 5 heteroatoms. The first-order chi connectivity index (χ1) is 9.33. The molecule has 0 bridgehead atoms. The van der Waals surface area contributed by atoms with Gasteiger partial charge in [-0.2, -0.15) is 0 Å². The Bertz CT molecular complexity index is 780. The summed E-state index contributed by atoms with van der Waals surface area (Å²) in [5, 5.41) is 1.39. The van der Waals surface area contributed by atoms with Crippen LogP contribution < -0.4 is 10.7 Å². The summed E-state index contributed by atoms with van der Waals surface area (Å²) >= 11 is 0. The molecular formula is C14H10N4O. The van der Waals surface area contributed by atoms with Gasteiger partial charge in [-0.15, -0.1) is 0 Å². The third-order valence-electron chi connectivity index (χ3n) is 2.59. The molecule has 2 aliphatic rings. The summed E-state index contributed by atoms with van der Waals surface area (Å²) in [7, 11) is 0. The van der Waals surface area contributed by atoms with E-state index in [1.165, 1.54) is 6.33 Å². The van der Waals surface area contributed by atoms with Gasteiger partial charge in [0.25, 0.3) is 0 Å². The van der Waals surface area contributed by atoms with Crippen LogP contribution in [0, 0.1) is 0 Å². The van der Waals surface area contributed by atoms with Crippen molar-refractivity contribution in [3.05, 3.63) is 64.9 Å². The minimum absolute atomic E-state index is 0.437. The van der Waals surface area contributed by atoms with Gasteiger partial charge in [0.1, 0.15) is 23.2 Å². The number of nitrogens with zero attached hydrogens (tertiary/aromatic N) is 4. The molecule has 0 atom stereocenters. The first-order valence-electron chi connectivity index (χ1n) is 5.69. The molecule has 0 saturated carbocycles. The Morgan fingerprint density at radius 2 is 2.32 bits per heavy atom. The quantitative estimate of drug-likeness (QED) is 0.627. The predicted molar refractivity (Wildman–Crippen MR) is 70.5 cm³/mol. The second-order valence-electron chi connectivity index (χ2n) is 3.93. The molecule has 3 rings (SSSR count). The molecule has 0 fully saturated rings. The highest BCUT2D eigenvalue weighted by Gasteiger charge is 2.08. The van der Waals surface area contributed by atoms with Crippen LogP contribution in [-0.2, 0) is 4.74 Å². The van der Waals surface area contributed by atoms with Crippen LogP contribution >= 0.6 is 0 Å². The summed E-state index contributed by atoms with van der Waals surface area (Å²) < 4.78 is 5.69. The van der Waals surface area contributed by atoms with Crippen LogP contribution in [0.2, 0.25) is 0 Å². The van der Waals surface area contributed by atoms with E-state index in [-0.39, 0.29) is 0 Å². The average Bonchev–Trinajstić information content (AvgIpc) is 2.59. The highest BCUT2D eigenvalue weighted by molar-refractivity contribution is 5.81. The van der Waals surface area contributed by atoms with Crippen LogP contribution in [0.25, 0.3) is 6.08 Å². The molecule has 0 unspecified atom stereocenters. The van der Waals surface area contributed by atoms with E-state index in [2.05, 4.69) is 32.3 Å². The van der Waals surface area contributed by atoms with Gasteiger partial charge in [0.15, 0.2) is 0 Å². The lowest BCUT2D eigenvalue weighted by atomic mass is 10.2. The summed E-state index contributed by atoms with van der Waals surface area (Å²) in [6.45, 7) is 4.30. The fourth-order valence-corrected chi connectivity index (χ4v) is 1.71. The predicted octanol–water partition coefficient (Wildman–Crippen LogP) is 0.428. The third kappa shape index (κ3) is 2.41. The Balaban J connectivity index is 2.18. The maximum atomic E-state index is 5.69. The van der Waals surface area contributed by atoms with Gasteiger partial charge < -0.3 is 4.74 Å². The molecule has 3 heterocycles. The lowest BCUT2D eigenvalue weighted by Crippen LogP contribution is -2.29. The molecule has 0 saturated heterocycles. The zero-order valence-electron chi connectivity index (χ0n) is 10.1. The summed E-state index contributed by atoms with van der Waals surface area (Å²) in [6.07, 6.45) is 9.87. The molecule has 92 valence electrons. The molecule has 0 aromatic carbocycles. The Kier molecular flexibility index (Phi) is 2.88. The molecule has 0 aliphatic carbocycles. The van der Waals surface area contributed by atoms with E-state index in [1.807, 2.05) is 0 Å².